The molecule has 2 heterocycles. The summed E-state index contributed by atoms with van der Waals surface area (Å²) in [7, 11) is -4.90. The molecule has 0 fully saturated rings. The van der Waals surface area contributed by atoms with Crippen LogP contribution in [0.15, 0.2) is 27.8 Å². The number of phenols is 1. The van der Waals surface area contributed by atoms with Gasteiger partial charge in [0.1, 0.15) is 29.9 Å². The number of aromatic amines is 2. The SMILES string of the molecule is O=c1[nH]c2c(c(=O)[nH]1)Cc1ccc(O)cc1N2C[C@H](O)[C@H](O)[C@H](O)COP(=O)(O)O. The highest BCUT2D eigenvalue weighted by molar-refractivity contribution is 7.46. The molecule has 0 unspecified atom stereocenters. The molecule has 164 valence electrons. The number of nitrogens with one attached hydrogen (secondary N) is 2. The summed E-state index contributed by atoms with van der Waals surface area (Å²) < 4.78 is 14.9. The standard InChI is InChI=1S/C16H20N3O10P/c20-8-2-1-7-3-9-14(17-16(25)18-15(9)24)19(10(7)4-8)5-11(21)13(23)12(22)6-29-30(26,27)28/h1-2,4,11-13,20-23H,3,5-6H2,(H2,26,27,28)(H2,17,18,24,25)/t11-,12+,13-/m0/s1. The number of phosphoric ester groups is 1. The van der Waals surface area contributed by atoms with Gasteiger partial charge in [-0.05, 0) is 11.6 Å². The third kappa shape index (κ3) is 4.79. The zero-order valence-electron chi connectivity index (χ0n) is 15.3. The molecular formula is C16H20N3O10P. The van der Waals surface area contributed by atoms with Crippen molar-refractivity contribution < 1.29 is 39.3 Å². The molecule has 1 aliphatic rings. The lowest BCUT2D eigenvalue weighted by Crippen LogP contribution is -2.46. The predicted molar refractivity (Wildman–Crippen MR) is 102 cm³/mol. The third-order valence-electron chi connectivity index (χ3n) is 4.59. The highest BCUT2D eigenvalue weighted by Crippen LogP contribution is 2.38. The zero-order valence-corrected chi connectivity index (χ0v) is 16.2. The molecule has 0 spiro atoms. The lowest BCUT2D eigenvalue weighted by molar-refractivity contribution is -0.0717. The van der Waals surface area contributed by atoms with Crippen LogP contribution in [0.3, 0.4) is 0 Å². The van der Waals surface area contributed by atoms with Crippen molar-refractivity contribution in [3.05, 3.63) is 50.2 Å². The van der Waals surface area contributed by atoms with Crippen molar-refractivity contribution in [3.8, 4) is 5.75 Å². The van der Waals surface area contributed by atoms with Gasteiger partial charge in [-0.15, -0.1) is 0 Å². The Kier molecular flexibility index (Phi) is 6.15. The van der Waals surface area contributed by atoms with Crippen LogP contribution in [0.2, 0.25) is 0 Å². The van der Waals surface area contributed by atoms with Crippen LogP contribution in [0.25, 0.3) is 0 Å². The monoisotopic (exact) mass is 445 g/mol. The minimum atomic E-state index is -4.90. The molecule has 3 atom stereocenters. The molecule has 1 aliphatic heterocycles. The van der Waals surface area contributed by atoms with Crippen molar-refractivity contribution in [1.29, 1.82) is 0 Å². The Balaban J connectivity index is 1.91. The van der Waals surface area contributed by atoms with E-state index in [2.05, 4.69) is 14.5 Å². The summed E-state index contributed by atoms with van der Waals surface area (Å²) in [5.74, 6) is -0.0893. The molecule has 1 aromatic carbocycles. The number of nitrogens with zero attached hydrogens (tertiary/aromatic N) is 1. The number of benzene rings is 1. The number of aliphatic hydroxyl groups excluding tert-OH is 3. The fourth-order valence-electron chi connectivity index (χ4n) is 3.17. The first-order valence-electron chi connectivity index (χ1n) is 8.65. The van der Waals surface area contributed by atoms with E-state index >= 15 is 0 Å². The first kappa shape index (κ1) is 22.2. The molecule has 0 aliphatic carbocycles. The first-order chi connectivity index (χ1) is 14.0. The summed E-state index contributed by atoms with van der Waals surface area (Å²) in [6, 6.07) is 4.29. The number of aromatic hydroxyl groups is 1. The molecule has 8 N–H and O–H groups in total. The Labute approximate surface area is 168 Å². The molecule has 2 aromatic rings. The van der Waals surface area contributed by atoms with Gasteiger partial charge in [0.2, 0.25) is 0 Å². The number of aromatic nitrogens is 2. The number of hydrogen-bond acceptors (Lipinski definition) is 9. The molecule has 0 radical (unpaired) electrons. The maximum absolute atomic E-state index is 12.2. The second-order valence-electron chi connectivity index (χ2n) is 6.75. The first-order valence-corrected chi connectivity index (χ1v) is 10.2. The second kappa shape index (κ2) is 8.32. The van der Waals surface area contributed by atoms with Gasteiger partial charge in [0.15, 0.2) is 0 Å². The second-order valence-corrected chi connectivity index (χ2v) is 7.99. The predicted octanol–water partition coefficient (Wildman–Crippen LogP) is -2.00. The molecule has 0 amide bonds. The van der Waals surface area contributed by atoms with E-state index in [1.165, 1.54) is 17.0 Å². The van der Waals surface area contributed by atoms with E-state index in [0.717, 1.165) is 0 Å². The van der Waals surface area contributed by atoms with Gasteiger partial charge in [0.05, 0.1) is 18.7 Å². The summed E-state index contributed by atoms with van der Waals surface area (Å²) in [5.41, 5.74) is -0.346. The van der Waals surface area contributed by atoms with Crippen molar-refractivity contribution in [2.75, 3.05) is 18.1 Å². The highest BCUT2D eigenvalue weighted by Gasteiger charge is 2.33. The van der Waals surface area contributed by atoms with Crippen molar-refractivity contribution in [2.45, 2.75) is 24.7 Å². The van der Waals surface area contributed by atoms with Crippen molar-refractivity contribution >= 4 is 19.3 Å². The lowest BCUT2D eigenvalue weighted by atomic mass is 9.97. The van der Waals surface area contributed by atoms with Gasteiger partial charge in [-0.25, -0.2) is 9.36 Å². The van der Waals surface area contributed by atoms with Gasteiger partial charge in [0.25, 0.3) is 5.56 Å². The van der Waals surface area contributed by atoms with Gasteiger partial charge in [-0.1, -0.05) is 6.07 Å². The Bertz CT molecular complexity index is 1090. The van der Waals surface area contributed by atoms with E-state index in [1.807, 2.05) is 0 Å². The van der Waals surface area contributed by atoms with Gasteiger partial charge in [-0.2, -0.15) is 0 Å². The quantitative estimate of drug-likeness (QED) is 0.218. The molecule has 1 aromatic heterocycles. The molecule has 0 bridgehead atoms. The molecule has 14 heteroatoms. The van der Waals surface area contributed by atoms with Crippen LogP contribution in [0.1, 0.15) is 11.1 Å². The van der Waals surface area contributed by atoms with Crippen LogP contribution in [0.5, 0.6) is 5.75 Å². The minimum Gasteiger partial charge on any atom is -0.508 e. The van der Waals surface area contributed by atoms with E-state index in [4.69, 9.17) is 9.79 Å². The van der Waals surface area contributed by atoms with Gasteiger partial charge < -0.3 is 35.1 Å². The Morgan fingerprint density at radius 2 is 1.83 bits per heavy atom. The number of fused-ring (bicyclic) bond motifs is 2. The van der Waals surface area contributed by atoms with Gasteiger partial charge in [-0.3, -0.25) is 19.3 Å². The van der Waals surface area contributed by atoms with Crippen molar-refractivity contribution in [2.24, 2.45) is 0 Å². The van der Waals surface area contributed by atoms with E-state index in [9.17, 15) is 34.6 Å². The Morgan fingerprint density at radius 3 is 2.50 bits per heavy atom. The van der Waals surface area contributed by atoms with Crippen LogP contribution in [-0.4, -0.2) is 71.6 Å². The van der Waals surface area contributed by atoms with E-state index < -0.39 is 50.5 Å². The topological polar surface area (TPSA) is 217 Å². The number of rotatable bonds is 7. The average Bonchev–Trinajstić information content (AvgIpc) is 2.65. The largest absolute Gasteiger partial charge is 0.508 e. The molecule has 0 saturated carbocycles. The van der Waals surface area contributed by atoms with Crippen LogP contribution in [0, 0.1) is 0 Å². The highest BCUT2D eigenvalue weighted by atomic mass is 31.2. The number of hydrogen-bond donors (Lipinski definition) is 8. The summed E-state index contributed by atoms with van der Waals surface area (Å²) >= 11 is 0. The summed E-state index contributed by atoms with van der Waals surface area (Å²) in [4.78, 5) is 47.2. The number of H-pyrrole nitrogens is 2. The lowest BCUT2D eigenvalue weighted by Gasteiger charge is -2.35. The number of phosphoric acid groups is 1. The van der Waals surface area contributed by atoms with Gasteiger partial charge >= 0.3 is 13.5 Å². The Hall–Kier alpha value is -2.51. The van der Waals surface area contributed by atoms with E-state index in [-0.39, 0.29) is 23.6 Å². The van der Waals surface area contributed by atoms with Crippen molar-refractivity contribution in [1.82, 2.24) is 9.97 Å². The molecule has 3 rings (SSSR count). The van der Waals surface area contributed by atoms with Gasteiger partial charge in [0, 0.05) is 18.2 Å². The van der Waals surface area contributed by atoms with Crippen LogP contribution in [-0.2, 0) is 15.5 Å². The Morgan fingerprint density at radius 1 is 1.13 bits per heavy atom. The smallest absolute Gasteiger partial charge is 0.469 e. The zero-order chi connectivity index (χ0) is 22.2. The molecule has 30 heavy (non-hydrogen) atoms. The maximum Gasteiger partial charge on any atom is 0.469 e. The van der Waals surface area contributed by atoms with Crippen molar-refractivity contribution in [3.63, 3.8) is 0 Å². The fourth-order valence-corrected chi connectivity index (χ4v) is 3.52. The number of phenolic OH excluding ortho intramolecular Hbond substituents is 1. The number of aliphatic hydroxyl groups is 3. The average molecular weight is 445 g/mol. The maximum atomic E-state index is 12.2. The molecular weight excluding hydrogens is 425 g/mol. The molecule has 0 saturated heterocycles. The minimum absolute atomic E-state index is 0.0362. The third-order valence-corrected chi connectivity index (χ3v) is 5.07. The molecule has 13 nitrogen and oxygen atoms in total. The van der Waals surface area contributed by atoms with Crippen LogP contribution < -0.4 is 16.1 Å². The summed E-state index contributed by atoms with van der Waals surface area (Å²) in [5, 5.41) is 40.2. The number of β-amino-alcohol motifs (C(OH)–C–C–N with tert-alkyl or cyclic N) is 1. The summed E-state index contributed by atoms with van der Waals surface area (Å²) in [6.07, 6.45) is -5.32. The van der Waals surface area contributed by atoms with E-state index in [1.54, 1.807) is 6.07 Å². The number of anilines is 2. The van der Waals surface area contributed by atoms with Crippen LogP contribution in [0.4, 0.5) is 11.5 Å². The normalized spacial score (nSPS) is 16.5. The van der Waals surface area contributed by atoms with E-state index in [0.29, 0.717) is 11.3 Å². The van der Waals surface area contributed by atoms with Crippen LogP contribution >= 0.6 is 7.82 Å². The summed E-state index contributed by atoms with van der Waals surface area (Å²) in [6.45, 7) is -1.40. The fraction of sp³-hybridized carbons (Fsp3) is 0.375.